The molecule has 0 spiro atoms. The van der Waals surface area contributed by atoms with Gasteiger partial charge >= 0.3 is 0 Å². The second kappa shape index (κ2) is 6.10. The number of carbonyl (C=O) groups is 1. The maximum absolute atomic E-state index is 12.3. The van der Waals surface area contributed by atoms with Crippen LogP contribution in [0.5, 0.6) is 0 Å². The van der Waals surface area contributed by atoms with Crippen LogP contribution in [0.3, 0.4) is 0 Å². The van der Waals surface area contributed by atoms with Gasteiger partial charge in [-0.15, -0.1) is 0 Å². The molecule has 0 N–H and O–H groups in total. The number of non-ortho nitro benzene ring substituents is 1. The summed E-state index contributed by atoms with van der Waals surface area (Å²) in [5.74, 6) is 0.00862. The summed E-state index contributed by atoms with van der Waals surface area (Å²) in [5.41, 5.74) is 2.70. The van der Waals surface area contributed by atoms with Crippen molar-refractivity contribution in [3.63, 3.8) is 0 Å². The normalized spacial score (nSPS) is 11.2. The zero-order valence-corrected chi connectivity index (χ0v) is 13.0. The van der Waals surface area contributed by atoms with E-state index >= 15 is 0 Å². The number of Topliss-reactive ketones (excluding diaryl/α,β-unsaturated/α-hetero) is 1. The van der Waals surface area contributed by atoms with Gasteiger partial charge in [0.25, 0.3) is 5.69 Å². The van der Waals surface area contributed by atoms with E-state index in [4.69, 9.17) is 0 Å². The van der Waals surface area contributed by atoms with Gasteiger partial charge < -0.3 is 0 Å². The molecule has 0 aliphatic heterocycles. The molecule has 0 heterocycles. The molecule has 0 aromatic heterocycles. The summed E-state index contributed by atoms with van der Waals surface area (Å²) >= 11 is 0. The lowest BCUT2D eigenvalue weighted by Crippen LogP contribution is -2.11. The second-order valence-electron chi connectivity index (χ2n) is 6.35. The van der Waals surface area contributed by atoms with Crippen molar-refractivity contribution in [2.45, 2.75) is 32.6 Å². The molecule has 4 nitrogen and oxygen atoms in total. The first-order chi connectivity index (χ1) is 10.3. The van der Waals surface area contributed by atoms with Crippen molar-refractivity contribution in [2.24, 2.45) is 0 Å². The highest BCUT2D eigenvalue weighted by Crippen LogP contribution is 2.22. The molecule has 0 fully saturated rings. The van der Waals surface area contributed by atoms with Crippen LogP contribution in [0, 0.1) is 10.1 Å². The molecular weight excluding hydrogens is 278 g/mol. The summed E-state index contributed by atoms with van der Waals surface area (Å²) in [5, 5.41) is 10.6. The molecule has 2 rings (SSSR count). The van der Waals surface area contributed by atoms with E-state index in [0.717, 1.165) is 5.56 Å². The third kappa shape index (κ3) is 3.79. The summed E-state index contributed by atoms with van der Waals surface area (Å²) in [6, 6.07) is 13.7. The Hall–Kier alpha value is -2.49. The quantitative estimate of drug-likeness (QED) is 0.480. The monoisotopic (exact) mass is 297 g/mol. The Morgan fingerprint density at radius 1 is 1.00 bits per heavy atom. The molecule has 4 heteroatoms. The van der Waals surface area contributed by atoms with Gasteiger partial charge in [-0.05, 0) is 16.5 Å². The fourth-order valence-corrected chi connectivity index (χ4v) is 2.18. The number of hydrogen-bond donors (Lipinski definition) is 0. The average molecular weight is 297 g/mol. The maximum atomic E-state index is 12.3. The summed E-state index contributed by atoms with van der Waals surface area (Å²) in [7, 11) is 0. The van der Waals surface area contributed by atoms with Crippen LogP contribution in [-0.4, -0.2) is 10.7 Å². The van der Waals surface area contributed by atoms with Gasteiger partial charge in [-0.3, -0.25) is 14.9 Å². The fourth-order valence-electron chi connectivity index (χ4n) is 2.18. The molecule has 2 aromatic rings. The molecule has 0 aliphatic carbocycles. The van der Waals surface area contributed by atoms with E-state index < -0.39 is 4.92 Å². The Kier molecular flexibility index (Phi) is 4.40. The molecule has 0 saturated carbocycles. The molecule has 2 aromatic carbocycles. The van der Waals surface area contributed by atoms with Crippen molar-refractivity contribution in [3.8, 4) is 0 Å². The van der Waals surface area contributed by atoms with Gasteiger partial charge in [0.15, 0.2) is 5.78 Å². The van der Waals surface area contributed by atoms with Crippen molar-refractivity contribution in [3.05, 3.63) is 75.3 Å². The Bertz CT molecular complexity index is 680. The molecule has 0 unspecified atom stereocenters. The van der Waals surface area contributed by atoms with Gasteiger partial charge in [0.2, 0.25) is 0 Å². The minimum absolute atomic E-state index is 0.00862. The molecule has 0 aliphatic rings. The molecule has 0 radical (unpaired) electrons. The number of rotatable bonds is 4. The standard InChI is InChI=1S/C18H19NO3/c1-18(2,3)15-8-6-14(7-9-15)17(20)12-13-4-10-16(11-5-13)19(21)22/h4-11H,12H2,1-3H3. The van der Waals surface area contributed by atoms with Crippen LogP contribution in [0.25, 0.3) is 0 Å². The summed E-state index contributed by atoms with van der Waals surface area (Å²) in [6.07, 6.45) is 0.243. The Balaban J connectivity index is 2.10. The van der Waals surface area contributed by atoms with Gasteiger partial charge in [-0.25, -0.2) is 0 Å². The smallest absolute Gasteiger partial charge is 0.269 e. The van der Waals surface area contributed by atoms with Crippen LogP contribution in [-0.2, 0) is 11.8 Å². The Labute approximate surface area is 129 Å². The molecule has 0 amide bonds. The van der Waals surface area contributed by atoms with Crippen LogP contribution < -0.4 is 0 Å². The van der Waals surface area contributed by atoms with Crippen molar-refractivity contribution in [2.75, 3.05) is 0 Å². The second-order valence-corrected chi connectivity index (χ2v) is 6.35. The van der Waals surface area contributed by atoms with Crippen molar-refractivity contribution in [1.29, 1.82) is 0 Å². The van der Waals surface area contributed by atoms with E-state index in [1.165, 1.54) is 17.7 Å². The average Bonchev–Trinajstić information content (AvgIpc) is 2.47. The maximum Gasteiger partial charge on any atom is 0.269 e. The van der Waals surface area contributed by atoms with Gasteiger partial charge in [0, 0.05) is 24.1 Å². The number of benzene rings is 2. The first kappa shape index (κ1) is 15.9. The van der Waals surface area contributed by atoms with Crippen LogP contribution in [0.4, 0.5) is 5.69 Å². The molecule has 22 heavy (non-hydrogen) atoms. The predicted molar refractivity (Wildman–Crippen MR) is 86.3 cm³/mol. The minimum atomic E-state index is -0.448. The van der Waals surface area contributed by atoms with Crippen molar-refractivity contribution in [1.82, 2.24) is 0 Å². The zero-order chi connectivity index (χ0) is 16.3. The molecule has 0 atom stereocenters. The van der Waals surface area contributed by atoms with Crippen LogP contribution >= 0.6 is 0 Å². The summed E-state index contributed by atoms with van der Waals surface area (Å²) in [4.78, 5) is 22.4. The number of nitro benzene ring substituents is 1. The van der Waals surface area contributed by atoms with E-state index in [1.54, 1.807) is 12.1 Å². The third-order valence-electron chi connectivity index (χ3n) is 3.58. The van der Waals surface area contributed by atoms with E-state index in [0.29, 0.717) is 5.56 Å². The van der Waals surface area contributed by atoms with Gasteiger partial charge in [-0.1, -0.05) is 57.2 Å². The van der Waals surface area contributed by atoms with Gasteiger partial charge in [0.05, 0.1) is 4.92 Å². The number of hydrogen-bond acceptors (Lipinski definition) is 3. The SMILES string of the molecule is CC(C)(C)c1ccc(C(=O)Cc2ccc([N+](=O)[O-])cc2)cc1. The van der Waals surface area contributed by atoms with Crippen LogP contribution in [0.15, 0.2) is 48.5 Å². The number of nitro groups is 1. The molecule has 0 saturated heterocycles. The summed E-state index contributed by atoms with van der Waals surface area (Å²) < 4.78 is 0. The van der Waals surface area contributed by atoms with E-state index in [1.807, 2.05) is 24.3 Å². The highest BCUT2D eigenvalue weighted by atomic mass is 16.6. The third-order valence-corrected chi connectivity index (χ3v) is 3.58. The van der Waals surface area contributed by atoms with Crippen molar-refractivity contribution >= 4 is 11.5 Å². The van der Waals surface area contributed by atoms with Crippen LogP contribution in [0.1, 0.15) is 42.3 Å². The molecule has 0 bridgehead atoms. The van der Waals surface area contributed by atoms with E-state index in [2.05, 4.69) is 20.8 Å². The number of nitrogens with zero attached hydrogens (tertiary/aromatic N) is 1. The van der Waals surface area contributed by atoms with E-state index in [9.17, 15) is 14.9 Å². The topological polar surface area (TPSA) is 60.2 Å². The largest absolute Gasteiger partial charge is 0.294 e. The van der Waals surface area contributed by atoms with Gasteiger partial charge in [-0.2, -0.15) is 0 Å². The highest BCUT2D eigenvalue weighted by molar-refractivity contribution is 5.97. The molecular formula is C18H19NO3. The first-order valence-corrected chi connectivity index (χ1v) is 7.14. The lowest BCUT2D eigenvalue weighted by molar-refractivity contribution is -0.384. The lowest BCUT2D eigenvalue weighted by atomic mass is 9.86. The van der Waals surface area contributed by atoms with E-state index in [-0.39, 0.29) is 23.3 Å². The van der Waals surface area contributed by atoms with Gasteiger partial charge in [0.1, 0.15) is 0 Å². The predicted octanol–water partition coefficient (Wildman–Crippen LogP) is 4.32. The Morgan fingerprint density at radius 2 is 1.55 bits per heavy atom. The summed E-state index contributed by atoms with van der Waals surface area (Å²) in [6.45, 7) is 6.38. The zero-order valence-electron chi connectivity index (χ0n) is 13.0. The van der Waals surface area contributed by atoms with Crippen molar-refractivity contribution < 1.29 is 9.72 Å². The lowest BCUT2D eigenvalue weighted by Gasteiger charge is -2.19. The van der Waals surface area contributed by atoms with Crippen LogP contribution in [0.2, 0.25) is 0 Å². The minimum Gasteiger partial charge on any atom is -0.294 e. The first-order valence-electron chi connectivity index (χ1n) is 7.14. The highest BCUT2D eigenvalue weighted by Gasteiger charge is 2.14. The fraction of sp³-hybridized carbons (Fsp3) is 0.278. The molecule has 114 valence electrons. The Morgan fingerprint density at radius 3 is 2.00 bits per heavy atom. The number of ketones is 1. The number of carbonyl (C=O) groups excluding carboxylic acids is 1.